The first-order valence-electron chi connectivity index (χ1n) is 13.9. The fraction of sp³-hybridized carbons (Fsp3) is 0.429. The second kappa shape index (κ2) is 13.8. The van der Waals surface area contributed by atoms with Crippen molar-refractivity contribution in [3.63, 3.8) is 0 Å². The van der Waals surface area contributed by atoms with Gasteiger partial charge in [-0.2, -0.15) is 0 Å². The molecule has 2 atom stereocenters. The van der Waals surface area contributed by atoms with E-state index in [4.69, 9.17) is 0 Å². The van der Waals surface area contributed by atoms with Gasteiger partial charge in [-0.25, -0.2) is 4.39 Å². The highest BCUT2D eigenvalue weighted by Crippen LogP contribution is 2.56. The molecule has 4 rings (SSSR count). The smallest absolute Gasteiger partial charge is 0.123 e. The third-order valence-electron chi connectivity index (χ3n) is 8.16. The Morgan fingerprint density at radius 1 is 1.05 bits per heavy atom. The lowest BCUT2D eigenvalue weighted by molar-refractivity contribution is -0.0220. The topological polar surface area (TPSA) is 23.5 Å². The van der Waals surface area contributed by atoms with Gasteiger partial charge in [-0.1, -0.05) is 95.0 Å². The van der Waals surface area contributed by atoms with Crippen LogP contribution >= 0.6 is 0 Å². The average molecular weight is 518 g/mol. The standard InChI is InChI=1S/C20H23FO.C13H19N.C2H6/c1-4-15-13-19(2)17(9-10-20(19,3)22)12-16(15)11-14-5-7-18(21)8-6-14;1-5-12-8-6-7-9-13(12)10-11(2)14(3)4;1-2/h4-8,12,22H,1,9-11,13H2,2-3H3;6-9H,2,5,10H2,1,3-4H3;1-2H3. The highest BCUT2D eigenvalue weighted by Gasteiger charge is 2.51. The van der Waals surface area contributed by atoms with Gasteiger partial charge in [-0.15, -0.1) is 0 Å². The van der Waals surface area contributed by atoms with Crippen molar-refractivity contribution < 1.29 is 9.50 Å². The zero-order chi connectivity index (χ0) is 28.5. The number of aliphatic hydroxyl groups is 1. The van der Waals surface area contributed by atoms with Gasteiger partial charge in [0.25, 0.3) is 0 Å². The zero-order valence-electron chi connectivity index (χ0n) is 24.7. The Kier molecular flexibility index (Phi) is 11.3. The Hall–Kier alpha value is -2.91. The summed E-state index contributed by atoms with van der Waals surface area (Å²) in [6, 6.07) is 15.2. The lowest BCUT2D eigenvalue weighted by atomic mass is 9.66. The van der Waals surface area contributed by atoms with Crippen LogP contribution in [-0.2, 0) is 19.3 Å². The molecule has 1 saturated carbocycles. The van der Waals surface area contributed by atoms with Gasteiger partial charge in [0.05, 0.1) is 5.60 Å². The summed E-state index contributed by atoms with van der Waals surface area (Å²) in [6.07, 6.45) is 9.56. The number of hydrogen-bond acceptors (Lipinski definition) is 2. The van der Waals surface area contributed by atoms with E-state index in [1.165, 1.54) is 40.0 Å². The molecule has 0 radical (unpaired) electrons. The number of rotatable bonds is 7. The second-order valence-electron chi connectivity index (χ2n) is 10.8. The third kappa shape index (κ3) is 7.35. The summed E-state index contributed by atoms with van der Waals surface area (Å²) < 4.78 is 13.1. The SMILES string of the molecule is C=C(Cc1ccccc1CC)N(C)C.C=CC1=C(Cc2ccc(F)cc2)C=C2CCC(C)(O)C2(C)C1.CC. The number of benzene rings is 2. The Balaban J connectivity index is 0.000000274. The van der Waals surface area contributed by atoms with Gasteiger partial charge < -0.3 is 10.0 Å². The molecule has 0 amide bonds. The summed E-state index contributed by atoms with van der Waals surface area (Å²) in [7, 11) is 4.08. The molecule has 38 heavy (non-hydrogen) atoms. The van der Waals surface area contributed by atoms with E-state index in [0.717, 1.165) is 49.8 Å². The predicted octanol–water partition coefficient (Wildman–Crippen LogP) is 8.63. The first-order chi connectivity index (χ1) is 18.0. The van der Waals surface area contributed by atoms with Crippen molar-refractivity contribution in [3.8, 4) is 0 Å². The lowest BCUT2D eigenvalue weighted by Gasteiger charge is -2.41. The average Bonchev–Trinajstić information content (AvgIpc) is 3.14. The van der Waals surface area contributed by atoms with Crippen molar-refractivity contribution in [2.24, 2.45) is 5.41 Å². The van der Waals surface area contributed by atoms with E-state index in [1.807, 2.05) is 53.1 Å². The molecular weight excluding hydrogens is 469 g/mol. The molecule has 0 spiro atoms. The van der Waals surface area contributed by atoms with E-state index in [2.05, 4.69) is 62.2 Å². The molecule has 206 valence electrons. The van der Waals surface area contributed by atoms with E-state index in [1.54, 1.807) is 0 Å². The van der Waals surface area contributed by atoms with E-state index >= 15 is 0 Å². The van der Waals surface area contributed by atoms with E-state index in [0.29, 0.717) is 0 Å². The summed E-state index contributed by atoms with van der Waals surface area (Å²) in [6.45, 7) is 18.3. The first-order valence-corrected chi connectivity index (χ1v) is 13.9. The molecule has 1 N–H and O–H groups in total. The van der Waals surface area contributed by atoms with Crippen molar-refractivity contribution >= 4 is 0 Å². The minimum absolute atomic E-state index is 0.192. The number of aryl methyl sites for hydroxylation is 1. The van der Waals surface area contributed by atoms with Gasteiger partial charge in [-0.3, -0.25) is 0 Å². The van der Waals surface area contributed by atoms with Crippen LogP contribution in [-0.4, -0.2) is 29.7 Å². The fourth-order valence-electron chi connectivity index (χ4n) is 5.25. The monoisotopic (exact) mass is 517 g/mol. The molecule has 0 aliphatic heterocycles. The van der Waals surface area contributed by atoms with Crippen LogP contribution in [0.2, 0.25) is 0 Å². The maximum Gasteiger partial charge on any atom is 0.123 e. The van der Waals surface area contributed by atoms with Gasteiger partial charge in [0.2, 0.25) is 0 Å². The fourth-order valence-corrected chi connectivity index (χ4v) is 5.25. The van der Waals surface area contributed by atoms with E-state index in [-0.39, 0.29) is 11.2 Å². The molecule has 2 aliphatic rings. The van der Waals surface area contributed by atoms with Crippen molar-refractivity contribution in [2.75, 3.05) is 14.1 Å². The van der Waals surface area contributed by atoms with Crippen molar-refractivity contribution in [2.45, 2.75) is 78.7 Å². The Labute approximate surface area is 231 Å². The van der Waals surface area contributed by atoms with Crippen LogP contribution in [0.25, 0.3) is 0 Å². The van der Waals surface area contributed by atoms with Crippen LogP contribution in [0.5, 0.6) is 0 Å². The summed E-state index contributed by atoms with van der Waals surface area (Å²) in [5, 5.41) is 10.7. The largest absolute Gasteiger partial charge is 0.389 e. The minimum Gasteiger partial charge on any atom is -0.389 e. The summed E-state index contributed by atoms with van der Waals surface area (Å²) in [4.78, 5) is 2.08. The molecule has 2 aromatic carbocycles. The first kappa shape index (κ1) is 31.3. The highest BCUT2D eigenvalue weighted by atomic mass is 19.1. The molecule has 0 bridgehead atoms. The minimum atomic E-state index is -0.658. The van der Waals surface area contributed by atoms with Gasteiger partial charge in [0, 0.05) is 31.6 Å². The van der Waals surface area contributed by atoms with Crippen molar-refractivity contribution in [1.29, 1.82) is 0 Å². The molecule has 0 heterocycles. The van der Waals surface area contributed by atoms with Crippen LogP contribution < -0.4 is 0 Å². The number of likely N-dealkylation sites (N-methyl/N-ethyl adjacent to an activating group) is 1. The van der Waals surface area contributed by atoms with Crippen LogP contribution in [0.1, 0.15) is 70.6 Å². The van der Waals surface area contributed by atoms with Crippen molar-refractivity contribution in [1.82, 2.24) is 4.90 Å². The number of allylic oxidation sites excluding steroid dienone is 5. The molecule has 1 fully saturated rings. The van der Waals surface area contributed by atoms with Crippen molar-refractivity contribution in [3.05, 3.63) is 119 Å². The molecule has 2 aromatic rings. The molecule has 0 aromatic heterocycles. The molecule has 2 unspecified atom stereocenters. The predicted molar refractivity (Wildman–Crippen MR) is 162 cm³/mol. The molecule has 2 nitrogen and oxygen atoms in total. The van der Waals surface area contributed by atoms with Gasteiger partial charge >= 0.3 is 0 Å². The number of hydrogen-bond donors (Lipinski definition) is 1. The van der Waals surface area contributed by atoms with Crippen LogP contribution in [0.4, 0.5) is 4.39 Å². The van der Waals surface area contributed by atoms with Gasteiger partial charge in [0.1, 0.15) is 5.82 Å². The molecule has 3 heteroatoms. The normalized spacial score (nSPS) is 21.8. The van der Waals surface area contributed by atoms with Gasteiger partial charge in [0.15, 0.2) is 0 Å². The van der Waals surface area contributed by atoms with E-state index in [9.17, 15) is 9.50 Å². The maximum atomic E-state index is 13.1. The quantitative estimate of drug-likeness (QED) is 0.397. The molecule has 2 aliphatic carbocycles. The summed E-state index contributed by atoms with van der Waals surface area (Å²) in [5.41, 5.74) is 8.00. The lowest BCUT2D eigenvalue weighted by Crippen LogP contribution is -2.41. The Bertz CT molecular complexity index is 1150. The molecule has 0 saturated heterocycles. The summed E-state index contributed by atoms with van der Waals surface area (Å²) >= 11 is 0. The highest BCUT2D eigenvalue weighted by molar-refractivity contribution is 5.47. The van der Waals surface area contributed by atoms with Crippen LogP contribution in [0, 0.1) is 11.2 Å². The maximum absolute atomic E-state index is 13.1. The van der Waals surface area contributed by atoms with Gasteiger partial charge in [-0.05, 0) is 79.0 Å². The second-order valence-corrected chi connectivity index (χ2v) is 10.8. The number of halogens is 1. The zero-order valence-corrected chi connectivity index (χ0v) is 24.7. The summed E-state index contributed by atoms with van der Waals surface area (Å²) in [5.74, 6) is -0.205. The van der Waals surface area contributed by atoms with Crippen LogP contribution in [0.3, 0.4) is 0 Å². The Morgan fingerprint density at radius 2 is 1.66 bits per heavy atom. The number of fused-ring (bicyclic) bond motifs is 1. The van der Waals surface area contributed by atoms with Crippen LogP contribution in [0.15, 0.2) is 96.3 Å². The Morgan fingerprint density at radius 3 is 2.21 bits per heavy atom. The van der Waals surface area contributed by atoms with E-state index < -0.39 is 5.60 Å². The number of nitrogens with zero attached hydrogens (tertiary/aromatic N) is 1. The molecular formula is C35H48FNO. The third-order valence-corrected chi connectivity index (χ3v) is 8.16.